The molecule has 0 saturated carbocycles. The second-order valence-electron chi connectivity index (χ2n) is 6.33. The fraction of sp³-hybridized carbons (Fsp3) is 0.474. The van der Waals surface area contributed by atoms with Gasteiger partial charge in [0.05, 0.1) is 17.2 Å². The summed E-state index contributed by atoms with van der Waals surface area (Å²) in [6, 6.07) is 10.9. The van der Waals surface area contributed by atoms with Gasteiger partial charge in [0.1, 0.15) is 0 Å². The Morgan fingerprint density at radius 1 is 1.20 bits per heavy atom. The van der Waals surface area contributed by atoms with E-state index in [9.17, 15) is 0 Å². The zero-order valence-electron chi connectivity index (χ0n) is 15.5. The van der Waals surface area contributed by atoms with E-state index < -0.39 is 0 Å². The van der Waals surface area contributed by atoms with Gasteiger partial charge < -0.3 is 10.6 Å². The van der Waals surface area contributed by atoms with Crippen molar-refractivity contribution >= 4 is 41.3 Å². The molecule has 138 valence electrons. The van der Waals surface area contributed by atoms with Crippen molar-refractivity contribution in [2.24, 2.45) is 4.99 Å². The molecule has 4 nitrogen and oxygen atoms in total. The average molecular weight is 472 g/mol. The molecule has 0 aliphatic carbocycles. The second-order valence-corrected chi connectivity index (χ2v) is 7.22. The number of nitrogens with zero attached hydrogens (tertiary/aromatic N) is 2. The maximum absolute atomic E-state index is 4.64. The zero-order chi connectivity index (χ0) is 17.4. The van der Waals surface area contributed by atoms with Gasteiger partial charge in [-0.2, -0.15) is 0 Å². The van der Waals surface area contributed by atoms with Crippen molar-refractivity contribution in [3.8, 4) is 0 Å². The smallest absolute Gasteiger partial charge is 0.191 e. The van der Waals surface area contributed by atoms with Gasteiger partial charge in [-0.05, 0) is 25.3 Å². The summed E-state index contributed by atoms with van der Waals surface area (Å²) in [5, 5.41) is 10.1. The lowest BCUT2D eigenvalue weighted by molar-refractivity contribution is 0.592. The SMILES string of the molecule is CN=C(NCc1csc(C(C)C)n1)NC(C)CCc1ccccc1.I. The predicted octanol–water partition coefficient (Wildman–Crippen LogP) is 4.57. The highest BCUT2D eigenvalue weighted by atomic mass is 127. The molecular weight excluding hydrogens is 443 g/mol. The van der Waals surface area contributed by atoms with E-state index in [2.05, 4.69) is 77.1 Å². The number of hydrogen-bond donors (Lipinski definition) is 2. The van der Waals surface area contributed by atoms with Crippen molar-refractivity contribution in [2.75, 3.05) is 7.05 Å². The summed E-state index contributed by atoms with van der Waals surface area (Å²) in [6.45, 7) is 7.24. The molecule has 1 aromatic heterocycles. The Kier molecular flexibility index (Phi) is 10.0. The van der Waals surface area contributed by atoms with Crippen LogP contribution in [0.3, 0.4) is 0 Å². The molecule has 0 bridgehead atoms. The van der Waals surface area contributed by atoms with Gasteiger partial charge in [0.25, 0.3) is 0 Å². The fourth-order valence-corrected chi connectivity index (χ4v) is 3.21. The molecule has 1 unspecified atom stereocenters. The lowest BCUT2D eigenvalue weighted by Crippen LogP contribution is -2.42. The predicted molar refractivity (Wildman–Crippen MR) is 119 cm³/mol. The number of benzene rings is 1. The molecule has 2 N–H and O–H groups in total. The molecule has 0 saturated heterocycles. The molecule has 0 aliphatic heterocycles. The minimum absolute atomic E-state index is 0. The van der Waals surface area contributed by atoms with Crippen molar-refractivity contribution in [3.05, 3.63) is 52.0 Å². The van der Waals surface area contributed by atoms with Crippen LogP contribution in [-0.4, -0.2) is 24.0 Å². The van der Waals surface area contributed by atoms with Gasteiger partial charge in [-0.15, -0.1) is 35.3 Å². The maximum atomic E-state index is 4.64. The minimum atomic E-state index is 0. The molecular formula is C19H29IN4S. The Morgan fingerprint density at radius 3 is 2.52 bits per heavy atom. The van der Waals surface area contributed by atoms with E-state index in [4.69, 9.17) is 0 Å². The first-order chi connectivity index (χ1) is 11.6. The number of thiazole rings is 1. The van der Waals surface area contributed by atoms with Crippen molar-refractivity contribution in [1.82, 2.24) is 15.6 Å². The standard InChI is InChI=1S/C19H28N4S.HI/c1-14(2)18-23-17(13-24-18)12-21-19(20-4)22-15(3)10-11-16-8-6-5-7-9-16;/h5-9,13-15H,10-12H2,1-4H3,(H2,20,21,22);1H. The Labute approximate surface area is 172 Å². The number of nitrogens with one attached hydrogen (secondary N) is 2. The highest BCUT2D eigenvalue weighted by molar-refractivity contribution is 14.0. The summed E-state index contributed by atoms with van der Waals surface area (Å²) < 4.78 is 0. The van der Waals surface area contributed by atoms with Crippen LogP contribution in [0.2, 0.25) is 0 Å². The monoisotopic (exact) mass is 472 g/mol. The van der Waals surface area contributed by atoms with Crippen LogP contribution >= 0.6 is 35.3 Å². The molecule has 1 aromatic carbocycles. The molecule has 25 heavy (non-hydrogen) atoms. The number of rotatable bonds is 7. The molecule has 0 fully saturated rings. The Balaban J connectivity index is 0.00000312. The molecule has 0 spiro atoms. The summed E-state index contributed by atoms with van der Waals surface area (Å²) in [6.07, 6.45) is 2.13. The van der Waals surface area contributed by atoms with Crippen molar-refractivity contribution in [1.29, 1.82) is 0 Å². The largest absolute Gasteiger partial charge is 0.354 e. The number of aliphatic imine (C=N–C) groups is 1. The van der Waals surface area contributed by atoms with E-state index in [1.54, 1.807) is 18.4 Å². The maximum Gasteiger partial charge on any atom is 0.191 e. The van der Waals surface area contributed by atoms with Crippen LogP contribution in [0.25, 0.3) is 0 Å². The zero-order valence-corrected chi connectivity index (χ0v) is 18.6. The van der Waals surface area contributed by atoms with E-state index >= 15 is 0 Å². The summed E-state index contributed by atoms with van der Waals surface area (Å²) in [5.41, 5.74) is 2.45. The van der Waals surface area contributed by atoms with E-state index in [1.807, 2.05) is 0 Å². The number of aromatic nitrogens is 1. The Bertz CT molecular complexity index is 640. The van der Waals surface area contributed by atoms with Gasteiger partial charge in [0.2, 0.25) is 0 Å². The normalized spacial score (nSPS) is 12.6. The van der Waals surface area contributed by atoms with Crippen molar-refractivity contribution in [3.63, 3.8) is 0 Å². The van der Waals surface area contributed by atoms with Crippen molar-refractivity contribution < 1.29 is 0 Å². The molecule has 0 amide bonds. The summed E-state index contributed by atoms with van der Waals surface area (Å²) in [4.78, 5) is 8.95. The molecule has 6 heteroatoms. The summed E-state index contributed by atoms with van der Waals surface area (Å²) in [7, 11) is 1.81. The van der Waals surface area contributed by atoms with Gasteiger partial charge in [-0.3, -0.25) is 4.99 Å². The van der Waals surface area contributed by atoms with Crippen LogP contribution in [0.4, 0.5) is 0 Å². The summed E-state index contributed by atoms with van der Waals surface area (Å²) >= 11 is 1.73. The van der Waals surface area contributed by atoms with Crippen molar-refractivity contribution in [2.45, 2.75) is 52.1 Å². The van der Waals surface area contributed by atoms with E-state index in [1.165, 1.54) is 10.6 Å². The minimum Gasteiger partial charge on any atom is -0.354 e. The third-order valence-corrected chi connectivity index (χ3v) is 5.01. The summed E-state index contributed by atoms with van der Waals surface area (Å²) in [5.74, 6) is 1.31. The first-order valence-corrected chi connectivity index (χ1v) is 9.42. The molecule has 1 atom stereocenters. The van der Waals surface area contributed by atoms with Crippen LogP contribution in [0.15, 0.2) is 40.7 Å². The van der Waals surface area contributed by atoms with Crippen LogP contribution in [0.1, 0.15) is 49.4 Å². The average Bonchev–Trinajstić information content (AvgIpc) is 3.07. The van der Waals surface area contributed by atoms with E-state index in [0.717, 1.165) is 24.5 Å². The number of halogens is 1. The third kappa shape index (κ3) is 7.73. The molecule has 0 aliphatic rings. The van der Waals surface area contributed by atoms with Gasteiger partial charge in [0, 0.05) is 24.4 Å². The Morgan fingerprint density at radius 2 is 1.92 bits per heavy atom. The second kappa shape index (κ2) is 11.5. The Hall–Kier alpha value is -1.15. The molecule has 0 radical (unpaired) electrons. The number of guanidine groups is 1. The first-order valence-electron chi connectivity index (χ1n) is 8.54. The fourth-order valence-electron chi connectivity index (χ4n) is 2.37. The van der Waals surface area contributed by atoms with Crippen LogP contribution < -0.4 is 10.6 Å². The van der Waals surface area contributed by atoms with E-state index in [-0.39, 0.29) is 24.0 Å². The van der Waals surface area contributed by atoms with Crippen LogP contribution in [0, 0.1) is 0 Å². The van der Waals surface area contributed by atoms with Crippen LogP contribution in [-0.2, 0) is 13.0 Å². The third-order valence-electron chi connectivity index (χ3n) is 3.82. The number of aryl methyl sites for hydroxylation is 1. The topological polar surface area (TPSA) is 49.3 Å². The molecule has 1 heterocycles. The van der Waals surface area contributed by atoms with Crippen LogP contribution in [0.5, 0.6) is 0 Å². The highest BCUT2D eigenvalue weighted by Gasteiger charge is 2.08. The first kappa shape index (κ1) is 21.9. The quantitative estimate of drug-likeness (QED) is 0.353. The van der Waals surface area contributed by atoms with Gasteiger partial charge in [0.15, 0.2) is 5.96 Å². The lowest BCUT2D eigenvalue weighted by atomic mass is 10.1. The highest BCUT2D eigenvalue weighted by Crippen LogP contribution is 2.18. The van der Waals surface area contributed by atoms with Gasteiger partial charge in [-0.25, -0.2) is 4.98 Å². The van der Waals surface area contributed by atoms with Gasteiger partial charge >= 0.3 is 0 Å². The van der Waals surface area contributed by atoms with Gasteiger partial charge in [-0.1, -0.05) is 44.2 Å². The van der Waals surface area contributed by atoms with E-state index in [0.29, 0.717) is 18.5 Å². The lowest BCUT2D eigenvalue weighted by Gasteiger charge is -2.17. The molecule has 2 rings (SSSR count). The number of hydrogen-bond acceptors (Lipinski definition) is 3. The molecule has 2 aromatic rings.